The molecule has 3 nitrogen and oxygen atoms in total. The number of hydrogen-bond acceptors (Lipinski definition) is 3. The molecule has 0 fully saturated rings. The predicted octanol–water partition coefficient (Wildman–Crippen LogP) is 3.21. The Bertz CT molecular complexity index is 423. The summed E-state index contributed by atoms with van der Waals surface area (Å²) in [7, 11) is 2.00. The van der Waals surface area contributed by atoms with Crippen LogP contribution in [0.25, 0.3) is 0 Å². The fourth-order valence-electron chi connectivity index (χ4n) is 1.63. The van der Waals surface area contributed by atoms with E-state index in [0.717, 1.165) is 15.7 Å². The van der Waals surface area contributed by atoms with Gasteiger partial charge in [0.2, 0.25) is 0 Å². The Kier molecular flexibility index (Phi) is 4.98. The highest BCUT2D eigenvalue weighted by molar-refractivity contribution is 9.10. The molecule has 0 bridgehead atoms. The minimum absolute atomic E-state index is 0.0141. The summed E-state index contributed by atoms with van der Waals surface area (Å²) in [5.41, 5.74) is 8.04. The second kappa shape index (κ2) is 6.04. The largest absolute Gasteiger partial charge is 0.371 e. The van der Waals surface area contributed by atoms with E-state index in [9.17, 15) is 0 Å². The lowest BCUT2D eigenvalue weighted by molar-refractivity contribution is 0.702. The van der Waals surface area contributed by atoms with Gasteiger partial charge in [0.25, 0.3) is 0 Å². The van der Waals surface area contributed by atoms with Crippen LogP contribution in [0.1, 0.15) is 31.9 Å². The quantitative estimate of drug-likeness (QED) is 0.928. The summed E-state index contributed by atoms with van der Waals surface area (Å²) in [4.78, 5) is 2.10. The van der Waals surface area contributed by atoms with Crippen LogP contribution >= 0.6 is 15.9 Å². The standard InChI is InChI=1S/C13H18BrN3/c1-9(6-7-15)17(3)11-4-5-12(10(2)16)13(14)8-11/h4-5,8-10H,6,16H2,1-3H3/t9?,10-/m0/s1. The number of benzene rings is 1. The van der Waals surface area contributed by atoms with E-state index in [2.05, 4.69) is 26.9 Å². The molecule has 2 atom stereocenters. The van der Waals surface area contributed by atoms with Crippen LogP contribution in [0.4, 0.5) is 5.69 Å². The molecule has 0 aromatic heterocycles. The lowest BCUT2D eigenvalue weighted by Gasteiger charge is -2.26. The lowest BCUT2D eigenvalue weighted by atomic mass is 10.1. The third kappa shape index (κ3) is 3.45. The zero-order chi connectivity index (χ0) is 13.0. The van der Waals surface area contributed by atoms with E-state index in [1.54, 1.807) is 0 Å². The third-order valence-corrected chi connectivity index (χ3v) is 3.62. The first-order chi connectivity index (χ1) is 7.97. The number of nitriles is 1. The van der Waals surface area contributed by atoms with Crippen LogP contribution in [-0.2, 0) is 0 Å². The third-order valence-electron chi connectivity index (χ3n) is 2.93. The van der Waals surface area contributed by atoms with E-state index in [0.29, 0.717) is 6.42 Å². The first-order valence-electron chi connectivity index (χ1n) is 5.62. The highest BCUT2D eigenvalue weighted by Crippen LogP contribution is 2.28. The minimum atomic E-state index is 0.0141. The maximum atomic E-state index is 8.70. The fraction of sp³-hybridized carbons (Fsp3) is 0.462. The molecule has 0 saturated heterocycles. The van der Waals surface area contributed by atoms with E-state index < -0.39 is 0 Å². The molecule has 92 valence electrons. The first kappa shape index (κ1) is 14.0. The van der Waals surface area contributed by atoms with E-state index in [4.69, 9.17) is 11.0 Å². The maximum absolute atomic E-state index is 8.70. The zero-order valence-electron chi connectivity index (χ0n) is 10.4. The molecule has 0 saturated carbocycles. The molecule has 0 heterocycles. The van der Waals surface area contributed by atoms with Gasteiger partial charge in [0.1, 0.15) is 0 Å². The van der Waals surface area contributed by atoms with Crippen LogP contribution in [0.3, 0.4) is 0 Å². The molecule has 0 aliphatic rings. The topological polar surface area (TPSA) is 53.0 Å². The van der Waals surface area contributed by atoms with Crippen LogP contribution in [0, 0.1) is 11.3 Å². The Morgan fingerprint density at radius 1 is 1.47 bits per heavy atom. The summed E-state index contributed by atoms with van der Waals surface area (Å²) >= 11 is 3.53. The summed E-state index contributed by atoms with van der Waals surface area (Å²) < 4.78 is 1.01. The van der Waals surface area contributed by atoms with E-state index >= 15 is 0 Å². The van der Waals surface area contributed by atoms with Crippen molar-refractivity contribution in [2.75, 3.05) is 11.9 Å². The average Bonchev–Trinajstić information content (AvgIpc) is 2.27. The Balaban J connectivity index is 2.94. The number of nitrogens with zero attached hydrogens (tertiary/aromatic N) is 2. The van der Waals surface area contributed by atoms with Crippen molar-refractivity contribution < 1.29 is 0 Å². The van der Waals surface area contributed by atoms with Crippen molar-refractivity contribution in [3.8, 4) is 6.07 Å². The molecule has 0 amide bonds. The fourth-order valence-corrected chi connectivity index (χ4v) is 2.36. The SMILES string of the molecule is CC(CC#N)N(C)c1ccc([C@H](C)N)c(Br)c1. The van der Waals surface area contributed by atoms with Crippen LogP contribution in [0.2, 0.25) is 0 Å². The molecule has 1 rings (SSSR count). The van der Waals surface area contributed by atoms with Crippen molar-refractivity contribution in [1.29, 1.82) is 5.26 Å². The second-order valence-electron chi connectivity index (χ2n) is 4.32. The van der Waals surface area contributed by atoms with Crippen molar-refractivity contribution in [1.82, 2.24) is 0 Å². The molecule has 17 heavy (non-hydrogen) atoms. The molecular formula is C13H18BrN3. The summed E-state index contributed by atoms with van der Waals surface area (Å²) in [6.07, 6.45) is 0.517. The molecule has 0 aliphatic carbocycles. The second-order valence-corrected chi connectivity index (χ2v) is 5.17. The van der Waals surface area contributed by atoms with Crippen molar-refractivity contribution in [3.05, 3.63) is 28.2 Å². The van der Waals surface area contributed by atoms with Gasteiger partial charge in [0.05, 0.1) is 12.5 Å². The molecule has 4 heteroatoms. The van der Waals surface area contributed by atoms with Gasteiger partial charge in [-0.3, -0.25) is 0 Å². The highest BCUT2D eigenvalue weighted by atomic mass is 79.9. The van der Waals surface area contributed by atoms with E-state index in [-0.39, 0.29) is 12.1 Å². The molecule has 0 aliphatic heterocycles. The van der Waals surface area contributed by atoms with Gasteiger partial charge >= 0.3 is 0 Å². The monoisotopic (exact) mass is 295 g/mol. The minimum Gasteiger partial charge on any atom is -0.371 e. The van der Waals surface area contributed by atoms with E-state index in [1.807, 2.05) is 39.1 Å². The van der Waals surface area contributed by atoms with Gasteiger partial charge in [-0.1, -0.05) is 22.0 Å². The Hall–Kier alpha value is -1.05. The van der Waals surface area contributed by atoms with Crippen molar-refractivity contribution in [2.45, 2.75) is 32.4 Å². The molecule has 0 spiro atoms. The van der Waals surface area contributed by atoms with Crippen molar-refractivity contribution >= 4 is 21.6 Å². The number of hydrogen-bond donors (Lipinski definition) is 1. The van der Waals surface area contributed by atoms with Gasteiger partial charge in [-0.25, -0.2) is 0 Å². The Labute approximate surface area is 111 Å². The average molecular weight is 296 g/mol. The van der Waals surface area contributed by atoms with Gasteiger partial charge in [0, 0.05) is 29.3 Å². The summed E-state index contributed by atoms with van der Waals surface area (Å²) in [5.74, 6) is 0. The van der Waals surface area contributed by atoms with Gasteiger partial charge in [0.15, 0.2) is 0 Å². The van der Waals surface area contributed by atoms with Crippen LogP contribution < -0.4 is 10.6 Å². The van der Waals surface area contributed by atoms with Gasteiger partial charge < -0.3 is 10.6 Å². The van der Waals surface area contributed by atoms with Crippen LogP contribution in [0.5, 0.6) is 0 Å². The smallest absolute Gasteiger partial charge is 0.0643 e. The van der Waals surface area contributed by atoms with Crippen molar-refractivity contribution in [3.63, 3.8) is 0 Å². The number of halogens is 1. The van der Waals surface area contributed by atoms with Crippen LogP contribution in [0.15, 0.2) is 22.7 Å². The first-order valence-corrected chi connectivity index (χ1v) is 6.41. The normalized spacial score (nSPS) is 13.9. The number of nitrogens with two attached hydrogens (primary N) is 1. The molecule has 0 radical (unpaired) electrons. The Morgan fingerprint density at radius 3 is 2.59 bits per heavy atom. The predicted molar refractivity (Wildman–Crippen MR) is 74.8 cm³/mol. The molecule has 1 aromatic rings. The molecule has 1 unspecified atom stereocenters. The Morgan fingerprint density at radius 2 is 2.12 bits per heavy atom. The molecule has 2 N–H and O–H groups in total. The highest BCUT2D eigenvalue weighted by Gasteiger charge is 2.12. The zero-order valence-corrected chi connectivity index (χ0v) is 12.0. The van der Waals surface area contributed by atoms with Crippen molar-refractivity contribution in [2.24, 2.45) is 5.73 Å². The van der Waals surface area contributed by atoms with Gasteiger partial charge in [-0.05, 0) is 31.5 Å². The lowest BCUT2D eigenvalue weighted by Crippen LogP contribution is -2.28. The van der Waals surface area contributed by atoms with Gasteiger partial charge in [-0.2, -0.15) is 5.26 Å². The van der Waals surface area contributed by atoms with Crippen LogP contribution in [-0.4, -0.2) is 13.1 Å². The molecule has 1 aromatic carbocycles. The summed E-state index contributed by atoms with van der Waals surface area (Å²) in [6, 6.07) is 8.52. The number of rotatable bonds is 4. The summed E-state index contributed by atoms with van der Waals surface area (Å²) in [5, 5.41) is 8.70. The van der Waals surface area contributed by atoms with Gasteiger partial charge in [-0.15, -0.1) is 0 Å². The summed E-state index contributed by atoms with van der Waals surface area (Å²) in [6.45, 7) is 4.00. The number of anilines is 1. The molecular weight excluding hydrogens is 278 g/mol. The van der Waals surface area contributed by atoms with E-state index in [1.165, 1.54) is 0 Å². The maximum Gasteiger partial charge on any atom is 0.0643 e.